The maximum Gasteiger partial charge on any atom is 0.0720 e. The molecule has 0 nitrogen and oxygen atoms in total. The zero-order valence-corrected chi connectivity index (χ0v) is 11.1. The summed E-state index contributed by atoms with van der Waals surface area (Å²) in [5.74, 6) is 0. The maximum absolute atomic E-state index is 2.37. The van der Waals surface area contributed by atoms with E-state index in [2.05, 4.69) is 69.1 Å². The van der Waals surface area contributed by atoms with Crippen LogP contribution in [0, 0.1) is 0 Å². The first kappa shape index (κ1) is 12.0. The number of allylic oxidation sites excluding steroid dienone is 3. The fourth-order valence-electron chi connectivity index (χ4n) is 1.12. The highest BCUT2D eigenvalue weighted by Gasteiger charge is 2.13. The molecule has 0 saturated carbocycles. The Balaban J connectivity index is 2.69. The molecule has 0 saturated heterocycles. The summed E-state index contributed by atoms with van der Waals surface area (Å²) >= 11 is 0. The third-order valence-electron chi connectivity index (χ3n) is 2.62. The molecule has 1 rings (SSSR count). The van der Waals surface area contributed by atoms with Crippen molar-refractivity contribution in [1.29, 1.82) is 0 Å². The highest BCUT2D eigenvalue weighted by Crippen LogP contribution is 2.13. The summed E-state index contributed by atoms with van der Waals surface area (Å²) < 4.78 is 0. The zero-order chi connectivity index (χ0) is 11.3. The summed E-state index contributed by atoms with van der Waals surface area (Å²) in [6.07, 6.45) is 6.56. The Morgan fingerprint density at radius 2 is 1.67 bits per heavy atom. The van der Waals surface area contributed by atoms with Gasteiger partial charge in [0.2, 0.25) is 0 Å². The highest BCUT2D eigenvalue weighted by atomic mass is 28.3. The second-order valence-electron chi connectivity index (χ2n) is 4.87. The van der Waals surface area contributed by atoms with E-state index in [4.69, 9.17) is 0 Å². The van der Waals surface area contributed by atoms with E-state index in [1.165, 1.54) is 10.8 Å². The SMILES string of the molecule is C/C(=C\C=C\c1ccccc1)[Si](C)(C)C. The molecule has 0 aliphatic rings. The Hall–Kier alpha value is -1.08. The summed E-state index contributed by atoms with van der Waals surface area (Å²) in [6.45, 7) is 9.35. The van der Waals surface area contributed by atoms with Gasteiger partial charge in [0.25, 0.3) is 0 Å². The van der Waals surface area contributed by atoms with Crippen molar-refractivity contribution < 1.29 is 0 Å². The quantitative estimate of drug-likeness (QED) is 0.514. The van der Waals surface area contributed by atoms with E-state index >= 15 is 0 Å². The lowest BCUT2D eigenvalue weighted by Gasteiger charge is -2.15. The van der Waals surface area contributed by atoms with Crippen LogP contribution in [0.15, 0.2) is 47.7 Å². The van der Waals surface area contributed by atoms with Crippen molar-refractivity contribution in [3.8, 4) is 0 Å². The van der Waals surface area contributed by atoms with Crippen molar-refractivity contribution >= 4 is 14.1 Å². The molecule has 0 aliphatic heterocycles. The summed E-state index contributed by atoms with van der Waals surface area (Å²) in [5, 5.41) is 1.54. The van der Waals surface area contributed by atoms with E-state index < -0.39 is 8.07 Å². The minimum absolute atomic E-state index is 1.09. The first-order valence-electron chi connectivity index (χ1n) is 5.40. The molecular weight excluding hydrogens is 196 g/mol. The molecule has 0 atom stereocenters. The molecule has 1 heteroatoms. The van der Waals surface area contributed by atoms with Crippen molar-refractivity contribution in [2.45, 2.75) is 26.6 Å². The molecule has 15 heavy (non-hydrogen) atoms. The Morgan fingerprint density at radius 3 is 2.20 bits per heavy atom. The van der Waals surface area contributed by atoms with Crippen molar-refractivity contribution in [3.05, 3.63) is 53.2 Å². The molecule has 0 heterocycles. The Kier molecular flexibility index (Phi) is 4.10. The van der Waals surface area contributed by atoms with E-state index in [0.29, 0.717) is 0 Å². The molecule has 80 valence electrons. The summed E-state index contributed by atoms with van der Waals surface area (Å²) in [4.78, 5) is 0. The number of rotatable bonds is 3. The Morgan fingerprint density at radius 1 is 1.07 bits per heavy atom. The van der Waals surface area contributed by atoms with Crippen molar-refractivity contribution in [2.75, 3.05) is 0 Å². The third kappa shape index (κ3) is 4.30. The summed E-state index contributed by atoms with van der Waals surface area (Å²) in [6, 6.07) is 10.4. The third-order valence-corrected chi connectivity index (χ3v) is 5.15. The molecule has 0 aliphatic carbocycles. The molecule has 0 N–H and O–H groups in total. The lowest BCUT2D eigenvalue weighted by molar-refractivity contribution is 1.53. The van der Waals surface area contributed by atoms with Crippen LogP contribution in [0.3, 0.4) is 0 Å². The van der Waals surface area contributed by atoms with Crippen molar-refractivity contribution in [3.63, 3.8) is 0 Å². The van der Waals surface area contributed by atoms with Crippen LogP contribution in [0.2, 0.25) is 19.6 Å². The average Bonchev–Trinajstić information content (AvgIpc) is 2.18. The van der Waals surface area contributed by atoms with Gasteiger partial charge in [-0.2, -0.15) is 0 Å². The predicted molar refractivity (Wildman–Crippen MR) is 72.6 cm³/mol. The van der Waals surface area contributed by atoms with Crippen LogP contribution >= 0.6 is 0 Å². The van der Waals surface area contributed by atoms with Gasteiger partial charge in [0, 0.05) is 0 Å². The molecule has 1 aromatic carbocycles. The van der Waals surface area contributed by atoms with Crippen molar-refractivity contribution in [1.82, 2.24) is 0 Å². The normalized spacial score (nSPS) is 13.5. The van der Waals surface area contributed by atoms with Crippen LogP contribution in [0.5, 0.6) is 0 Å². The molecule has 0 bridgehead atoms. The molecule has 1 aromatic rings. The fourth-order valence-corrected chi connectivity index (χ4v) is 1.71. The van der Waals surface area contributed by atoms with E-state index in [1.807, 2.05) is 6.07 Å². The molecule has 0 unspecified atom stereocenters. The van der Waals surface area contributed by atoms with Gasteiger partial charge in [-0.15, -0.1) is 0 Å². The van der Waals surface area contributed by atoms with Crippen LogP contribution in [-0.2, 0) is 0 Å². The summed E-state index contributed by atoms with van der Waals surface area (Å²) in [7, 11) is -1.09. The Bertz CT molecular complexity index is 353. The molecule has 0 aromatic heterocycles. The smallest absolute Gasteiger partial charge is 0.0720 e. The van der Waals surface area contributed by atoms with Crippen LogP contribution in [0.1, 0.15) is 12.5 Å². The largest absolute Gasteiger partial charge is 0.0841 e. The van der Waals surface area contributed by atoms with Gasteiger partial charge in [0.05, 0.1) is 8.07 Å². The van der Waals surface area contributed by atoms with Gasteiger partial charge < -0.3 is 0 Å². The molecule has 0 radical (unpaired) electrons. The minimum Gasteiger partial charge on any atom is -0.0841 e. The van der Waals surface area contributed by atoms with Gasteiger partial charge in [-0.3, -0.25) is 0 Å². The van der Waals surface area contributed by atoms with Gasteiger partial charge in [0.1, 0.15) is 0 Å². The monoisotopic (exact) mass is 216 g/mol. The molecule has 0 amide bonds. The number of benzene rings is 1. The van der Waals surface area contributed by atoms with Crippen LogP contribution in [0.25, 0.3) is 6.08 Å². The first-order chi connectivity index (χ1) is 7.00. The van der Waals surface area contributed by atoms with E-state index in [1.54, 1.807) is 0 Å². The lowest BCUT2D eigenvalue weighted by Crippen LogP contribution is -2.21. The van der Waals surface area contributed by atoms with Crippen molar-refractivity contribution in [2.24, 2.45) is 0 Å². The standard InChI is InChI=1S/C14H20Si/c1-13(15(2,3)4)9-8-12-14-10-6-5-7-11-14/h5-12H,1-4H3/b12-8+,13-9+. The second kappa shape index (κ2) is 5.13. The van der Waals surface area contributed by atoms with Gasteiger partial charge in [-0.05, 0) is 12.5 Å². The van der Waals surface area contributed by atoms with E-state index in [9.17, 15) is 0 Å². The van der Waals surface area contributed by atoms with Crippen LogP contribution < -0.4 is 0 Å². The van der Waals surface area contributed by atoms with E-state index in [-0.39, 0.29) is 0 Å². The maximum atomic E-state index is 2.37. The van der Waals surface area contributed by atoms with E-state index in [0.717, 1.165) is 0 Å². The molecule has 0 fully saturated rings. The van der Waals surface area contributed by atoms with Crippen LogP contribution in [0.4, 0.5) is 0 Å². The minimum atomic E-state index is -1.09. The lowest BCUT2D eigenvalue weighted by atomic mass is 10.2. The van der Waals surface area contributed by atoms with Gasteiger partial charge >= 0.3 is 0 Å². The molecular formula is C14H20Si. The van der Waals surface area contributed by atoms with Gasteiger partial charge in [0.15, 0.2) is 0 Å². The number of hydrogen-bond acceptors (Lipinski definition) is 0. The predicted octanol–water partition coefficient (Wildman–Crippen LogP) is 4.52. The zero-order valence-electron chi connectivity index (χ0n) is 10.1. The Labute approximate surface area is 94.4 Å². The summed E-state index contributed by atoms with van der Waals surface area (Å²) in [5.41, 5.74) is 1.26. The second-order valence-corrected chi connectivity index (χ2v) is 10.2. The van der Waals surface area contributed by atoms with Crippen LogP contribution in [-0.4, -0.2) is 8.07 Å². The first-order valence-corrected chi connectivity index (χ1v) is 8.90. The van der Waals surface area contributed by atoms with Gasteiger partial charge in [-0.1, -0.05) is 73.4 Å². The van der Waals surface area contributed by atoms with Gasteiger partial charge in [-0.25, -0.2) is 0 Å². The average molecular weight is 216 g/mol. The fraction of sp³-hybridized carbons (Fsp3) is 0.286. The topological polar surface area (TPSA) is 0 Å². The molecule has 0 spiro atoms. The highest BCUT2D eigenvalue weighted by molar-refractivity contribution is 6.82. The number of hydrogen-bond donors (Lipinski definition) is 0.